The lowest BCUT2D eigenvalue weighted by molar-refractivity contribution is 0.0729. The maximum atomic E-state index is 12.6. The number of carbonyl (C=O) groups excluding carboxylic acids is 1. The van der Waals surface area contributed by atoms with Crippen molar-refractivity contribution in [2.45, 2.75) is 25.3 Å². The summed E-state index contributed by atoms with van der Waals surface area (Å²) in [7, 11) is 0. The number of likely N-dealkylation sites (tertiary alicyclic amines) is 1. The van der Waals surface area contributed by atoms with Gasteiger partial charge in [0, 0.05) is 13.0 Å². The molecule has 3 heterocycles. The van der Waals surface area contributed by atoms with Gasteiger partial charge in [-0.25, -0.2) is 0 Å². The minimum absolute atomic E-state index is 0.0383. The number of fused-ring (bicyclic) bond motifs is 1. The summed E-state index contributed by atoms with van der Waals surface area (Å²) in [6.45, 7) is 2.06. The van der Waals surface area contributed by atoms with Crippen molar-refractivity contribution in [2.75, 3.05) is 19.8 Å². The van der Waals surface area contributed by atoms with Gasteiger partial charge in [-0.1, -0.05) is 6.07 Å². The molecule has 1 saturated heterocycles. The van der Waals surface area contributed by atoms with Crippen LogP contribution in [0.25, 0.3) is 0 Å². The van der Waals surface area contributed by atoms with Crippen molar-refractivity contribution in [3.63, 3.8) is 0 Å². The molecule has 0 radical (unpaired) electrons. The van der Waals surface area contributed by atoms with Gasteiger partial charge < -0.3 is 14.4 Å². The van der Waals surface area contributed by atoms with Gasteiger partial charge in [0.25, 0.3) is 5.91 Å². The Morgan fingerprint density at radius 3 is 2.91 bits per heavy atom. The summed E-state index contributed by atoms with van der Waals surface area (Å²) in [5.41, 5.74) is 1.43. The quantitative estimate of drug-likeness (QED) is 0.916. The van der Waals surface area contributed by atoms with E-state index in [1.165, 1.54) is 6.20 Å². The van der Waals surface area contributed by atoms with Gasteiger partial charge in [-0.15, -0.1) is 0 Å². The summed E-state index contributed by atoms with van der Waals surface area (Å²) in [4.78, 5) is 14.4. The standard InChI is InChI=1S/C16H18N4O3/c21-16(12-10-17-19-18-12)20-6-1-3-13(20)11-4-5-14-15(9-11)23-8-2-7-22-14/h4-5,9-10,13H,1-3,6-8H2,(H,17,18,19)/t13-/m0/s1. The minimum atomic E-state index is -0.0895. The third-order valence-electron chi connectivity index (χ3n) is 4.30. The first-order valence-electron chi connectivity index (χ1n) is 7.89. The zero-order valence-electron chi connectivity index (χ0n) is 12.7. The molecule has 2 aliphatic rings. The molecule has 4 rings (SSSR count). The second kappa shape index (κ2) is 5.91. The summed E-state index contributed by atoms with van der Waals surface area (Å²) in [6, 6.07) is 6.00. The van der Waals surface area contributed by atoms with Gasteiger partial charge in [0.2, 0.25) is 0 Å². The molecule has 0 bridgehead atoms. The fourth-order valence-electron chi connectivity index (χ4n) is 3.20. The highest BCUT2D eigenvalue weighted by atomic mass is 16.5. The lowest BCUT2D eigenvalue weighted by atomic mass is 10.0. The third kappa shape index (κ3) is 2.62. The molecule has 1 aromatic heterocycles. The summed E-state index contributed by atoms with van der Waals surface area (Å²) < 4.78 is 11.4. The van der Waals surface area contributed by atoms with E-state index in [2.05, 4.69) is 15.4 Å². The van der Waals surface area contributed by atoms with Crippen LogP contribution in [0.4, 0.5) is 0 Å². The topological polar surface area (TPSA) is 80.3 Å². The highest BCUT2D eigenvalue weighted by Crippen LogP contribution is 2.38. The zero-order chi connectivity index (χ0) is 15.6. The summed E-state index contributed by atoms with van der Waals surface area (Å²) in [6.07, 6.45) is 4.25. The minimum Gasteiger partial charge on any atom is -0.490 e. The van der Waals surface area contributed by atoms with E-state index in [0.717, 1.165) is 42.9 Å². The predicted octanol–water partition coefficient (Wildman–Crippen LogP) is 1.94. The Balaban J connectivity index is 1.61. The Labute approximate surface area is 133 Å². The normalized spacial score (nSPS) is 20.3. The number of aromatic amines is 1. The zero-order valence-corrected chi connectivity index (χ0v) is 12.7. The molecule has 7 nitrogen and oxygen atoms in total. The number of hydrogen-bond donors (Lipinski definition) is 1. The van der Waals surface area contributed by atoms with Crippen molar-refractivity contribution < 1.29 is 14.3 Å². The average Bonchev–Trinajstić information content (AvgIpc) is 3.22. The van der Waals surface area contributed by atoms with Gasteiger partial charge >= 0.3 is 0 Å². The molecule has 1 N–H and O–H groups in total. The van der Waals surface area contributed by atoms with Crippen molar-refractivity contribution >= 4 is 5.91 Å². The lowest BCUT2D eigenvalue weighted by Gasteiger charge is -2.24. The molecule has 1 fully saturated rings. The molecule has 0 saturated carbocycles. The third-order valence-corrected chi connectivity index (χ3v) is 4.30. The summed E-state index contributed by atoms with van der Waals surface area (Å²) in [5, 5.41) is 10.1. The fourth-order valence-corrected chi connectivity index (χ4v) is 3.20. The fraction of sp³-hybridized carbons (Fsp3) is 0.438. The number of amides is 1. The Morgan fingerprint density at radius 1 is 1.22 bits per heavy atom. The van der Waals surface area contributed by atoms with Gasteiger partial charge in [0.15, 0.2) is 17.2 Å². The number of carbonyl (C=O) groups is 1. The first-order chi connectivity index (χ1) is 11.3. The molecule has 1 atom stereocenters. The smallest absolute Gasteiger partial charge is 0.276 e. The SMILES string of the molecule is O=C(c1cn[nH]n1)N1CCC[C@H]1c1ccc2c(c1)OCCCO2. The molecule has 0 aliphatic carbocycles. The van der Waals surface area contributed by atoms with Gasteiger partial charge in [-0.05, 0) is 30.5 Å². The van der Waals surface area contributed by atoms with E-state index in [-0.39, 0.29) is 11.9 Å². The van der Waals surface area contributed by atoms with E-state index < -0.39 is 0 Å². The molecule has 0 spiro atoms. The summed E-state index contributed by atoms with van der Waals surface area (Å²) >= 11 is 0. The van der Waals surface area contributed by atoms with Crippen molar-refractivity contribution in [3.8, 4) is 11.5 Å². The molecule has 120 valence electrons. The van der Waals surface area contributed by atoms with Crippen LogP contribution >= 0.6 is 0 Å². The number of H-pyrrole nitrogens is 1. The number of rotatable bonds is 2. The van der Waals surface area contributed by atoms with Crippen LogP contribution in [-0.2, 0) is 0 Å². The molecule has 2 aliphatic heterocycles. The summed E-state index contributed by atoms with van der Waals surface area (Å²) in [5.74, 6) is 1.45. The lowest BCUT2D eigenvalue weighted by Crippen LogP contribution is -2.30. The van der Waals surface area contributed by atoms with Crippen LogP contribution in [0.3, 0.4) is 0 Å². The Kier molecular flexibility index (Phi) is 3.61. The second-order valence-electron chi connectivity index (χ2n) is 5.77. The molecule has 1 amide bonds. The van der Waals surface area contributed by atoms with E-state index in [9.17, 15) is 4.79 Å². The Hall–Kier alpha value is -2.57. The molecular formula is C16H18N4O3. The Morgan fingerprint density at radius 2 is 2.09 bits per heavy atom. The van der Waals surface area contributed by atoms with Gasteiger partial charge in [-0.3, -0.25) is 4.79 Å². The predicted molar refractivity (Wildman–Crippen MR) is 81.4 cm³/mol. The first-order valence-corrected chi connectivity index (χ1v) is 7.89. The van der Waals surface area contributed by atoms with Gasteiger partial charge in [0.05, 0.1) is 25.5 Å². The van der Waals surface area contributed by atoms with E-state index in [1.54, 1.807) is 0 Å². The monoisotopic (exact) mass is 314 g/mol. The number of nitrogens with one attached hydrogen (secondary N) is 1. The van der Waals surface area contributed by atoms with E-state index in [0.29, 0.717) is 18.9 Å². The van der Waals surface area contributed by atoms with Crippen LogP contribution in [0.1, 0.15) is 41.4 Å². The van der Waals surface area contributed by atoms with E-state index in [4.69, 9.17) is 9.47 Å². The van der Waals surface area contributed by atoms with Crippen molar-refractivity contribution in [3.05, 3.63) is 35.7 Å². The second-order valence-corrected chi connectivity index (χ2v) is 5.77. The highest BCUT2D eigenvalue weighted by Gasteiger charge is 2.32. The van der Waals surface area contributed by atoms with Crippen molar-refractivity contribution in [1.29, 1.82) is 0 Å². The van der Waals surface area contributed by atoms with Gasteiger partial charge in [0.1, 0.15) is 0 Å². The van der Waals surface area contributed by atoms with Crippen molar-refractivity contribution in [1.82, 2.24) is 20.3 Å². The number of ether oxygens (including phenoxy) is 2. The number of aromatic nitrogens is 3. The average molecular weight is 314 g/mol. The van der Waals surface area contributed by atoms with Crippen LogP contribution in [0.15, 0.2) is 24.4 Å². The largest absolute Gasteiger partial charge is 0.490 e. The van der Waals surface area contributed by atoms with E-state index in [1.807, 2.05) is 23.1 Å². The molecule has 0 unspecified atom stereocenters. The van der Waals surface area contributed by atoms with Crippen LogP contribution in [-0.4, -0.2) is 46.0 Å². The Bertz CT molecular complexity index is 701. The number of nitrogens with zero attached hydrogens (tertiary/aromatic N) is 3. The molecular weight excluding hydrogens is 296 g/mol. The maximum Gasteiger partial charge on any atom is 0.276 e. The van der Waals surface area contributed by atoms with Crippen LogP contribution in [0.5, 0.6) is 11.5 Å². The number of benzene rings is 1. The van der Waals surface area contributed by atoms with Gasteiger partial charge in [-0.2, -0.15) is 15.4 Å². The van der Waals surface area contributed by atoms with E-state index >= 15 is 0 Å². The van der Waals surface area contributed by atoms with Crippen LogP contribution in [0, 0.1) is 0 Å². The van der Waals surface area contributed by atoms with Crippen LogP contribution in [0.2, 0.25) is 0 Å². The maximum absolute atomic E-state index is 12.6. The van der Waals surface area contributed by atoms with Crippen molar-refractivity contribution in [2.24, 2.45) is 0 Å². The highest BCUT2D eigenvalue weighted by molar-refractivity contribution is 5.92. The first kappa shape index (κ1) is 14.0. The molecule has 23 heavy (non-hydrogen) atoms. The number of hydrogen-bond acceptors (Lipinski definition) is 5. The molecule has 7 heteroatoms. The molecule has 1 aromatic carbocycles. The van der Waals surface area contributed by atoms with Crippen LogP contribution < -0.4 is 9.47 Å². The molecule has 2 aromatic rings.